The van der Waals surface area contributed by atoms with Gasteiger partial charge in [-0.25, -0.2) is 0 Å². The molecule has 1 heterocycles. The topological polar surface area (TPSA) is 47.7 Å². The Morgan fingerprint density at radius 3 is 2.74 bits per heavy atom. The van der Waals surface area contributed by atoms with Gasteiger partial charge in [-0.2, -0.15) is 0 Å². The maximum absolute atomic E-state index is 5.92. The molecule has 1 aromatic carbocycles. The molecule has 1 aliphatic heterocycles. The molecule has 0 radical (unpaired) electrons. The molecule has 104 valence electrons. The van der Waals surface area contributed by atoms with Gasteiger partial charge in [0.05, 0.1) is 0 Å². The van der Waals surface area contributed by atoms with Crippen LogP contribution in [-0.2, 0) is 6.54 Å². The Bertz CT molecular complexity index is 452. The number of hydrogen-bond donors (Lipinski definition) is 1. The second-order valence-electron chi connectivity index (χ2n) is 5.92. The molecular formula is C15H22N2O2. The van der Waals surface area contributed by atoms with E-state index in [0.29, 0.717) is 12.2 Å². The molecule has 1 fully saturated rings. The molecule has 0 amide bonds. The van der Waals surface area contributed by atoms with E-state index >= 15 is 0 Å². The van der Waals surface area contributed by atoms with Crippen molar-refractivity contribution in [3.8, 4) is 11.5 Å². The van der Waals surface area contributed by atoms with E-state index in [9.17, 15) is 0 Å². The molecule has 0 aromatic heterocycles. The molecule has 0 atom stereocenters. The molecule has 3 rings (SSSR count). The molecule has 19 heavy (non-hydrogen) atoms. The van der Waals surface area contributed by atoms with E-state index in [-0.39, 0.29) is 0 Å². The van der Waals surface area contributed by atoms with Gasteiger partial charge in [0.25, 0.3) is 0 Å². The van der Waals surface area contributed by atoms with Crippen molar-refractivity contribution in [1.82, 2.24) is 4.90 Å². The van der Waals surface area contributed by atoms with Gasteiger partial charge in [0.15, 0.2) is 11.5 Å². The molecule has 0 bridgehead atoms. The van der Waals surface area contributed by atoms with Gasteiger partial charge in [0.1, 0.15) is 0 Å². The number of rotatable bonds is 5. The van der Waals surface area contributed by atoms with Crippen molar-refractivity contribution in [2.45, 2.75) is 25.8 Å². The number of fused-ring (bicyclic) bond motifs is 1. The lowest BCUT2D eigenvalue weighted by atomic mass is 9.68. The highest BCUT2D eigenvalue weighted by molar-refractivity contribution is 5.44. The zero-order valence-corrected chi connectivity index (χ0v) is 11.5. The van der Waals surface area contributed by atoms with E-state index in [4.69, 9.17) is 15.2 Å². The van der Waals surface area contributed by atoms with Crippen LogP contribution in [0.4, 0.5) is 0 Å². The second-order valence-corrected chi connectivity index (χ2v) is 5.92. The SMILES string of the molecule is CN(Cc1ccc2c(c1)OCO2)CC1(CN)CCC1. The van der Waals surface area contributed by atoms with Gasteiger partial charge >= 0.3 is 0 Å². The molecule has 1 saturated carbocycles. The van der Waals surface area contributed by atoms with Gasteiger partial charge in [0.2, 0.25) is 6.79 Å². The largest absolute Gasteiger partial charge is 0.454 e. The molecule has 1 aliphatic carbocycles. The van der Waals surface area contributed by atoms with Crippen LogP contribution >= 0.6 is 0 Å². The van der Waals surface area contributed by atoms with Crippen LogP contribution in [-0.4, -0.2) is 31.8 Å². The van der Waals surface area contributed by atoms with Gasteiger partial charge in [-0.05, 0) is 49.5 Å². The highest BCUT2D eigenvalue weighted by Gasteiger charge is 2.36. The molecule has 0 saturated heterocycles. The second kappa shape index (κ2) is 5.02. The number of hydrogen-bond acceptors (Lipinski definition) is 4. The predicted molar refractivity (Wildman–Crippen MR) is 74.2 cm³/mol. The molecular weight excluding hydrogens is 240 g/mol. The van der Waals surface area contributed by atoms with Crippen LogP contribution in [0.15, 0.2) is 18.2 Å². The van der Waals surface area contributed by atoms with Crippen molar-refractivity contribution < 1.29 is 9.47 Å². The minimum absolute atomic E-state index is 0.338. The van der Waals surface area contributed by atoms with E-state index in [0.717, 1.165) is 31.1 Å². The van der Waals surface area contributed by atoms with Crippen molar-refractivity contribution in [1.29, 1.82) is 0 Å². The molecule has 2 N–H and O–H groups in total. The molecule has 0 unspecified atom stereocenters. The van der Waals surface area contributed by atoms with Crippen molar-refractivity contribution in [3.05, 3.63) is 23.8 Å². The normalized spacial score (nSPS) is 19.5. The standard InChI is InChI=1S/C15H22N2O2/c1-17(10-15(9-16)5-2-6-15)8-12-3-4-13-14(7-12)19-11-18-13/h3-4,7H,2,5-6,8-11,16H2,1H3. The summed E-state index contributed by atoms with van der Waals surface area (Å²) < 4.78 is 10.7. The summed E-state index contributed by atoms with van der Waals surface area (Å²) in [4.78, 5) is 2.36. The Balaban J connectivity index is 1.61. The van der Waals surface area contributed by atoms with Gasteiger partial charge in [-0.3, -0.25) is 0 Å². The average molecular weight is 262 g/mol. The van der Waals surface area contributed by atoms with Gasteiger partial charge in [0, 0.05) is 13.1 Å². The first kappa shape index (κ1) is 12.8. The van der Waals surface area contributed by atoms with Crippen LogP contribution in [0.25, 0.3) is 0 Å². The Kier molecular flexibility index (Phi) is 3.37. The number of ether oxygens (including phenoxy) is 2. The third-order valence-electron chi connectivity index (χ3n) is 4.34. The van der Waals surface area contributed by atoms with Gasteiger partial charge in [-0.1, -0.05) is 12.5 Å². The number of benzene rings is 1. The summed E-state index contributed by atoms with van der Waals surface area (Å²) in [6, 6.07) is 6.18. The quantitative estimate of drug-likeness (QED) is 0.881. The maximum atomic E-state index is 5.92. The summed E-state index contributed by atoms with van der Waals surface area (Å²) in [6.45, 7) is 3.15. The molecule has 1 aromatic rings. The first-order valence-electron chi connectivity index (χ1n) is 6.98. The van der Waals surface area contributed by atoms with Crippen molar-refractivity contribution in [2.75, 3.05) is 26.9 Å². The van der Waals surface area contributed by atoms with Gasteiger partial charge in [-0.15, -0.1) is 0 Å². The van der Waals surface area contributed by atoms with Crippen LogP contribution in [0, 0.1) is 5.41 Å². The third-order valence-corrected chi connectivity index (χ3v) is 4.34. The zero-order chi connectivity index (χ0) is 13.3. The van der Waals surface area contributed by atoms with Crippen LogP contribution < -0.4 is 15.2 Å². The van der Waals surface area contributed by atoms with Crippen LogP contribution in [0.1, 0.15) is 24.8 Å². The molecule has 0 spiro atoms. The monoisotopic (exact) mass is 262 g/mol. The Hall–Kier alpha value is -1.26. The van der Waals surface area contributed by atoms with Crippen LogP contribution in [0.2, 0.25) is 0 Å². The fourth-order valence-electron chi connectivity index (χ4n) is 3.08. The molecule has 4 heteroatoms. The summed E-state index contributed by atoms with van der Waals surface area (Å²) in [7, 11) is 2.17. The van der Waals surface area contributed by atoms with Crippen LogP contribution in [0.3, 0.4) is 0 Å². The highest BCUT2D eigenvalue weighted by Crippen LogP contribution is 2.40. The number of nitrogens with zero attached hydrogens (tertiary/aromatic N) is 1. The smallest absolute Gasteiger partial charge is 0.231 e. The Morgan fingerprint density at radius 1 is 1.26 bits per heavy atom. The Morgan fingerprint density at radius 2 is 2.05 bits per heavy atom. The summed E-state index contributed by atoms with van der Waals surface area (Å²) in [5, 5.41) is 0. The minimum Gasteiger partial charge on any atom is -0.454 e. The summed E-state index contributed by atoms with van der Waals surface area (Å²) in [6.07, 6.45) is 3.87. The fraction of sp³-hybridized carbons (Fsp3) is 0.600. The predicted octanol–water partition coefficient (Wildman–Crippen LogP) is 1.98. The first-order chi connectivity index (χ1) is 9.21. The summed E-state index contributed by atoms with van der Waals surface area (Å²) >= 11 is 0. The van der Waals surface area contributed by atoms with E-state index in [1.54, 1.807) is 0 Å². The summed E-state index contributed by atoms with van der Waals surface area (Å²) in [5.41, 5.74) is 7.55. The molecule has 2 aliphatic rings. The maximum Gasteiger partial charge on any atom is 0.231 e. The van der Waals surface area contributed by atoms with Crippen molar-refractivity contribution in [2.24, 2.45) is 11.1 Å². The fourth-order valence-corrected chi connectivity index (χ4v) is 3.08. The average Bonchev–Trinajstić information content (AvgIpc) is 2.81. The van der Waals surface area contributed by atoms with Crippen molar-refractivity contribution in [3.63, 3.8) is 0 Å². The Labute approximate surface area is 114 Å². The highest BCUT2D eigenvalue weighted by atomic mass is 16.7. The lowest BCUT2D eigenvalue weighted by molar-refractivity contribution is 0.0845. The van der Waals surface area contributed by atoms with Crippen LogP contribution in [0.5, 0.6) is 11.5 Å². The van der Waals surface area contributed by atoms with Crippen molar-refractivity contribution >= 4 is 0 Å². The number of nitrogens with two attached hydrogens (primary N) is 1. The minimum atomic E-state index is 0.338. The lowest BCUT2D eigenvalue weighted by Crippen LogP contribution is -2.45. The lowest BCUT2D eigenvalue weighted by Gasteiger charge is -2.43. The summed E-state index contributed by atoms with van der Waals surface area (Å²) in [5.74, 6) is 1.71. The molecule has 4 nitrogen and oxygen atoms in total. The van der Waals surface area contributed by atoms with E-state index in [1.807, 2.05) is 6.07 Å². The van der Waals surface area contributed by atoms with E-state index < -0.39 is 0 Å². The first-order valence-corrected chi connectivity index (χ1v) is 6.98. The van der Waals surface area contributed by atoms with Gasteiger partial charge < -0.3 is 20.1 Å². The van der Waals surface area contributed by atoms with E-state index in [2.05, 4.69) is 24.1 Å². The zero-order valence-electron chi connectivity index (χ0n) is 11.5. The third kappa shape index (κ3) is 2.55. The van der Waals surface area contributed by atoms with E-state index in [1.165, 1.54) is 24.8 Å².